The van der Waals surface area contributed by atoms with Crippen LogP contribution in [-0.2, 0) is 11.2 Å². The third-order valence-electron chi connectivity index (χ3n) is 6.34. The molecule has 2 aromatic heterocycles. The standard InChI is InChI=1S/C24H28FN3O3S2/c1-31-17-5-6-22-19(13-17)18(21(25)14-27-22)4-2-3-16-7-9-28(15-20(16)23(29)30)10-12-33-24-26-8-11-32-24/h5-6,8,11,13-14,16,20H,2-4,7,9-10,12,15H2,1H3,(H,29,30). The normalized spacial score (nSPS) is 19.1. The number of pyridine rings is 1. The summed E-state index contributed by atoms with van der Waals surface area (Å²) in [6.07, 6.45) is 5.98. The van der Waals surface area contributed by atoms with Crippen molar-refractivity contribution >= 4 is 40.0 Å². The molecule has 0 spiro atoms. The van der Waals surface area contributed by atoms with Gasteiger partial charge in [0.15, 0.2) is 0 Å². The first-order chi connectivity index (χ1) is 16.0. The highest BCUT2D eigenvalue weighted by molar-refractivity contribution is 8.01. The fourth-order valence-electron chi connectivity index (χ4n) is 4.56. The van der Waals surface area contributed by atoms with Gasteiger partial charge in [-0.1, -0.05) is 11.8 Å². The van der Waals surface area contributed by atoms with Crippen LogP contribution < -0.4 is 4.74 Å². The predicted octanol–water partition coefficient (Wildman–Crippen LogP) is 4.98. The molecule has 176 valence electrons. The number of carboxylic acid groups (broad SMARTS) is 1. The Hall–Kier alpha value is -2.23. The van der Waals surface area contributed by atoms with Gasteiger partial charge in [0.1, 0.15) is 15.9 Å². The van der Waals surface area contributed by atoms with Crippen LogP contribution in [0.4, 0.5) is 4.39 Å². The molecule has 2 atom stereocenters. The molecule has 4 rings (SSSR count). The lowest BCUT2D eigenvalue weighted by Crippen LogP contribution is -2.44. The summed E-state index contributed by atoms with van der Waals surface area (Å²) in [5.74, 6) is 0.240. The van der Waals surface area contributed by atoms with Gasteiger partial charge in [-0.3, -0.25) is 9.78 Å². The number of thiazole rings is 1. The lowest BCUT2D eigenvalue weighted by atomic mass is 9.81. The summed E-state index contributed by atoms with van der Waals surface area (Å²) in [5, 5.41) is 12.6. The quantitative estimate of drug-likeness (QED) is 0.403. The van der Waals surface area contributed by atoms with Crippen LogP contribution in [0, 0.1) is 17.7 Å². The van der Waals surface area contributed by atoms with Crippen molar-refractivity contribution in [3.8, 4) is 5.75 Å². The second-order valence-electron chi connectivity index (χ2n) is 8.30. The molecule has 6 nitrogen and oxygen atoms in total. The zero-order chi connectivity index (χ0) is 23.2. The number of hydrogen-bond acceptors (Lipinski definition) is 7. The van der Waals surface area contributed by atoms with Gasteiger partial charge >= 0.3 is 5.97 Å². The number of methoxy groups -OCH3 is 1. The van der Waals surface area contributed by atoms with Crippen molar-refractivity contribution in [1.29, 1.82) is 0 Å². The fourth-order valence-corrected chi connectivity index (χ4v) is 6.27. The van der Waals surface area contributed by atoms with E-state index in [1.54, 1.807) is 36.4 Å². The molecule has 1 saturated heterocycles. The second-order valence-corrected chi connectivity index (χ2v) is 10.5. The van der Waals surface area contributed by atoms with Crippen molar-refractivity contribution < 1.29 is 19.0 Å². The zero-order valence-electron chi connectivity index (χ0n) is 18.6. The zero-order valence-corrected chi connectivity index (χ0v) is 20.2. The van der Waals surface area contributed by atoms with Crippen LogP contribution in [0.3, 0.4) is 0 Å². The number of halogens is 1. The maximum absolute atomic E-state index is 14.6. The number of aliphatic carboxylic acids is 1. The highest BCUT2D eigenvalue weighted by Gasteiger charge is 2.33. The van der Waals surface area contributed by atoms with Gasteiger partial charge in [-0.15, -0.1) is 11.3 Å². The number of carbonyl (C=O) groups is 1. The van der Waals surface area contributed by atoms with Gasteiger partial charge in [-0.05, 0) is 61.9 Å². The largest absolute Gasteiger partial charge is 0.497 e. The third-order valence-corrected chi connectivity index (χ3v) is 8.28. The molecule has 1 aliphatic rings. The lowest BCUT2D eigenvalue weighted by molar-refractivity contribution is -0.146. The van der Waals surface area contributed by atoms with Crippen molar-refractivity contribution in [1.82, 2.24) is 14.9 Å². The minimum absolute atomic E-state index is 0.107. The highest BCUT2D eigenvalue weighted by atomic mass is 32.2. The van der Waals surface area contributed by atoms with E-state index in [0.29, 0.717) is 24.3 Å². The molecule has 9 heteroatoms. The first-order valence-electron chi connectivity index (χ1n) is 11.1. The number of aryl methyl sites for hydroxylation is 1. The van der Waals surface area contributed by atoms with Crippen LogP contribution in [0.15, 0.2) is 40.3 Å². The first kappa shape index (κ1) is 23.9. The van der Waals surface area contributed by atoms with E-state index in [1.165, 1.54) is 6.20 Å². The average Bonchev–Trinajstić information content (AvgIpc) is 3.34. The SMILES string of the molecule is COc1ccc2ncc(F)c(CCCC3CCN(CCSc4nccs4)CC3C(=O)O)c2c1. The molecule has 1 aromatic carbocycles. The number of nitrogens with zero attached hydrogens (tertiary/aromatic N) is 3. The van der Waals surface area contributed by atoms with E-state index in [4.69, 9.17) is 4.74 Å². The molecule has 0 aliphatic carbocycles. The Bertz CT molecular complexity index is 1080. The molecule has 2 unspecified atom stereocenters. The molecule has 0 amide bonds. The summed E-state index contributed by atoms with van der Waals surface area (Å²) in [6.45, 7) is 2.33. The molecule has 33 heavy (non-hydrogen) atoms. The summed E-state index contributed by atoms with van der Waals surface area (Å²) >= 11 is 3.34. The van der Waals surface area contributed by atoms with E-state index in [0.717, 1.165) is 53.3 Å². The summed E-state index contributed by atoms with van der Waals surface area (Å²) in [5.41, 5.74) is 1.36. The van der Waals surface area contributed by atoms with Gasteiger partial charge in [-0.25, -0.2) is 9.37 Å². The number of rotatable bonds is 10. The highest BCUT2D eigenvalue weighted by Crippen LogP contribution is 2.31. The fraction of sp³-hybridized carbons (Fsp3) is 0.458. The van der Waals surface area contributed by atoms with Crippen LogP contribution in [-0.4, -0.2) is 58.4 Å². The van der Waals surface area contributed by atoms with Crippen molar-refractivity contribution in [3.63, 3.8) is 0 Å². The van der Waals surface area contributed by atoms with Gasteiger partial charge < -0.3 is 14.7 Å². The summed E-state index contributed by atoms with van der Waals surface area (Å²) in [7, 11) is 1.59. The van der Waals surface area contributed by atoms with Gasteiger partial charge in [0, 0.05) is 35.8 Å². The number of benzene rings is 1. The van der Waals surface area contributed by atoms with Gasteiger partial charge in [0.2, 0.25) is 0 Å². The smallest absolute Gasteiger partial charge is 0.308 e. The number of piperidine rings is 1. The molecular weight excluding hydrogens is 461 g/mol. The number of hydrogen-bond donors (Lipinski definition) is 1. The van der Waals surface area contributed by atoms with Crippen molar-refractivity contribution in [3.05, 3.63) is 47.4 Å². The minimum atomic E-state index is -0.734. The van der Waals surface area contributed by atoms with E-state index in [2.05, 4.69) is 14.9 Å². The summed E-state index contributed by atoms with van der Waals surface area (Å²) < 4.78 is 20.9. The van der Waals surface area contributed by atoms with Crippen LogP contribution in [0.25, 0.3) is 10.9 Å². The molecule has 1 N–H and O–H groups in total. The number of carboxylic acids is 1. The van der Waals surface area contributed by atoms with Crippen molar-refractivity contribution in [2.45, 2.75) is 30.0 Å². The third kappa shape index (κ3) is 6.02. The van der Waals surface area contributed by atoms with Crippen molar-refractivity contribution in [2.24, 2.45) is 11.8 Å². The number of ether oxygens (including phenoxy) is 1. The maximum atomic E-state index is 14.6. The molecule has 0 saturated carbocycles. The second kappa shape index (κ2) is 11.3. The van der Waals surface area contributed by atoms with Gasteiger partial charge in [0.05, 0.1) is 24.7 Å². The van der Waals surface area contributed by atoms with E-state index < -0.39 is 5.97 Å². The number of fused-ring (bicyclic) bond motifs is 1. The van der Waals surface area contributed by atoms with E-state index in [-0.39, 0.29) is 17.7 Å². The minimum Gasteiger partial charge on any atom is -0.497 e. The molecule has 0 radical (unpaired) electrons. The van der Waals surface area contributed by atoms with E-state index >= 15 is 0 Å². The Morgan fingerprint density at radius 3 is 3.03 bits per heavy atom. The van der Waals surface area contributed by atoms with Crippen LogP contribution in [0.2, 0.25) is 0 Å². The molecule has 0 bridgehead atoms. The van der Waals surface area contributed by atoms with E-state index in [1.807, 2.05) is 23.6 Å². The van der Waals surface area contributed by atoms with Crippen LogP contribution in [0.5, 0.6) is 5.75 Å². The Balaban J connectivity index is 1.33. The predicted molar refractivity (Wildman–Crippen MR) is 130 cm³/mol. The summed E-state index contributed by atoms with van der Waals surface area (Å²) in [4.78, 5) is 22.7. The first-order valence-corrected chi connectivity index (χ1v) is 13.0. The number of likely N-dealkylation sites (tertiary alicyclic amines) is 1. The average molecular weight is 490 g/mol. The maximum Gasteiger partial charge on any atom is 0.308 e. The summed E-state index contributed by atoms with van der Waals surface area (Å²) in [6, 6.07) is 5.47. The number of thioether (sulfide) groups is 1. The monoisotopic (exact) mass is 489 g/mol. The Morgan fingerprint density at radius 2 is 2.27 bits per heavy atom. The lowest BCUT2D eigenvalue weighted by Gasteiger charge is -2.36. The Labute approximate surface area is 201 Å². The molecule has 3 heterocycles. The Kier molecular flexibility index (Phi) is 8.16. The molecule has 1 fully saturated rings. The van der Waals surface area contributed by atoms with E-state index in [9.17, 15) is 14.3 Å². The molecule has 3 aromatic rings. The van der Waals surface area contributed by atoms with Crippen molar-refractivity contribution in [2.75, 3.05) is 32.5 Å². The Morgan fingerprint density at radius 1 is 1.39 bits per heavy atom. The van der Waals surface area contributed by atoms with Crippen LogP contribution >= 0.6 is 23.1 Å². The van der Waals surface area contributed by atoms with Gasteiger partial charge in [0.25, 0.3) is 0 Å². The molecule has 1 aliphatic heterocycles. The molecular formula is C24H28FN3O3S2. The topological polar surface area (TPSA) is 75.5 Å². The van der Waals surface area contributed by atoms with Gasteiger partial charge in [-0.2, -0.15) is 0 Å². The number of aromatic nitrogens is 2. The van der Waals surface area contributed by atoms with Crippen LogP contribution in [0.1, 0.15) is 24.8 Å².